The molecular formula is C16H29N3. The van der Waals surface area contributed by atoms with Crippen molar-refractivity contribution < 1.29 is 0 Å². The molecule has 1 aromatic rings. The lowest BCUT2D eigenvalue weighted by atomic mass is 9.72. The van der Waals surface area contributed by atoms with Gasteiger partial charge in [-0.2, -0.15) is 5.10 Å². The van der Waals surface area contributed by atoms with E-state index in [2.05, 4.69) is 44.3 Å². The van der Waals surface area contributed by atoms with E-state index in [0.717, 1.165) is 24.3 Å². The summed E-state index contributed by atoms with van der Waals surface area (Å²) in [7, 11) is 2.06. The van der Waals surface area contributed by atoms with Crippen molar-refractivity contribution in [2.75, 3.05) is 6.54 Å². The van der Waals surface area contributed by atoms with Gasteiger partial charge in [-0.3, -0.25) is 4.68 Å². The maximum atomic E-state index is 4.35. The number of aromatic nitrogens is 2. The fraction of sp³-hybridized carbons (Fsp3) is 0.812. The predicted molar refractivity (Wildman–Crippen MR) is 79.9 cm³/mol. The van der Waals surface area contributed by atoms with E-state index in [-0.39, 0.29) is 0 Å². The van der Waals surface area contributed by atoms with Crippen LogP contribution in [0.4, 0.5) is 0 Å². The molecule has 1 aromatic heterocycles. The second-order valence-electron chi connectivity index (χ2n) is 6.34. The molecule has 0 radical (unpaired) electrons. The first-order valence-electron chi connectivity index (χ1n) is 7.84. The number of aryl methyl sites for hydroxylation is 1. The average molecular weight is 263 g/mol. The quantitative estimate of drug-likeness (QED) is 0.880. The molecule has 0 aliphatic heterocycles. The Morgan fingerprint density at radius 1 is 1.37 bits per heavy atom. The third-order valence-corrected chi connectivity index (χ3v) is 4.90. The molecule has 3 heteroatoms. The van der Waals surface area contributed by atoms with E-state index in [1.807, 2.05) is 10.9 Å². The molecule has 0 bridgehead atoms. The standard InChI is InChI=1S/C16H29N3/c1-5-9-17-16(15-8-10-18-19(15)4)14-7-6-12(2)13(3)11-14/h8,10,12-14,16-17H,5-7,9,11H2,1-4H3. The van der Waals surface area contributed by atoms with Crippen molar-refractivity contribution in [2.24, 2.45) is 24.8 Å². The molecule has 0 aromatic carbocycles. The second-order valence-corrected chi connectivity index (χ2v) is 6.34. The van der Waals surface area contributed by atoms with Crippen LogP contribution in [0.1, 0.15) is 58.2 Å². The molecule has 1 aliphatic rings. The molecule has 4 unspecified atom stereocenters. The monoisotopic (exact) mass is 263 g/mol. The minimum Gasteiger partial charge on any atom is -0.308 e. The average Bonchev–Trinajstić information content (AvgIpc) is 2.80. The molecule has 0 saturated heterocycles. The lowest BCUT2D eigenvalue weighted by Crippen LogP contribution is -2.34. The molecule has 1 aliphatic carbocycles. The Kier molecular flexibility index (Phi) is 5.03. The second kappa shape index (κ2) is 6.56. The van der Waals surface area contributed by atoms with Gasteiger partial charge in [-0.15, -0.1) is 0 Å². The minimum absolute atomic E-state index is 0.474. The first kappa shape index (κ1) is 14.6. The highest BCUT2D eigenvalue weighted by molar-refractivity contribution is 5.09. The zero-order chi connectivity index (χ0) is 13.8. The van der Waals surface area contributed by atoms with E-state index >= 15 is 0 Å². The Labute approximate surface area is 117 Å². The van der Waals surface area contributed by atoms with Crippen LogP contribution < -0.4 is 5.32 Å². The zero-order valence-electron chi connectivity index (χ0n) is 12.9. The Balaban J connectivity index is 2.11. The van der Waals surface area contributed by atoms with Crippen LogP contribution in [0.2, 0.25) is 0 Å². The zero-order valence-corrected chi connectivity index (χ0v) is 12.9. The molecular weight excluding hydrogens is 234 g/mol. The number of nitrogens with zero attached hydrogens (tertiary/aromatic N) is 2. The molecule has 2 rings (SSSR count). The number of hydrogen-bond donors (Lipinski definition) is 1. The molecule has 19 heavy (non-hydrogen) atoms. The van der Waals surface area contributed by atoms with Gasteiger partial charge in [0.25, 0.3) is 0 Å². The number of hydrogen-bond acceptors (Lipinski definition) is 2. The molecule has 108 valence electrons. The summed E-state index contributed by atoms with van der Waals surface area (Å²) in [5.41, 5.74) is 1.35. The van der Waals surface area contributed by atoms with Crippen LogP contribution in [0.5, 0.6) is 0 Å². The topological polar surface area (TPSA) is 29.9 Å². The van der Waals surface area contributed by atoms with Crippen molar-refractivity contribution in [1.29, 1.82) is 0 Å². The van der Waals surface area contributed by atoms with E-state index in [9.17, 15) is 0 Å². The first-order valence-corrected chi connectivity index (χ1v) is 7.84. The van der Waals surface area contributed by atoms with Crippen LogP contribution in [0.3, 0.4) is 0 Å². The van der Waals surface area contributed by atoms with E-state index in [1.54, 1.807) is 0 Å². The fourth-order valence-electron chi connectivity index (χ4n) is 3.39. The highest BCUT2D eigenvalue weighted by Crippen LogP contribution is 2.39. The smallest absolute Gasteiger partial charge is 0.0553 e. The number of nitrogens with one attached hydrogen (secondary N) is 1. The summed E-state index contributed by atoms with van der Waals surface area (Å²) in [6.45, 7) is 8.14. The van der Waals surface area contributed by atoms with Crippen molar-refractivity contribution in [2.45, 2.75) is 52.5 Å². The van der Waals surface area contributed by atoms with Gasteiger partial charge in [-0.1, -0.05) is 27.2 Å². The Hall–Kier alpha value is -0.830. The summed E-state index contributed by atoms with van der Waals surface area (Å²) < 4.78 is 2.04. The summed E-state index contributed by atoms with van der Waals surface area (Å²) >= 11 is 0. The summed E-state index contributed by atoms with van der Waals surface area (Å²) in [6.07, 6.45) is 7.16. The van der Waals surface area contributed by atoms with Crippen molar-refractivity contribution >= 4 is 0 Å². The highest BCUT2D eigenvalue weighted by atomic mass is 15.3. The predicted octanol–water partition coefficient (Wildman–Crippen LogP) is 3.53. The van der Waals surface area contributed by atoms with E-state index < -0.39 is 0 Å². The maximum absolute atomic E-state index is 4.35. The molecule has 1 fully saturated rings. The van der Waals surface area contributed by atoms with Gasteiger partial charge < -0.3 is 5.32 Å². The minimum atomic E-state index is 0.474. The maximum Gasteiger partial charge on any atom is 0.0553 e. The highest BCUT2D eigenvalue weighted by Gasteiger charge is 2.31. The molecule has 0 amide bonds. The fourth-order valence-corrected chi connectivity index (χ4v) is 3.39. The van der Waals surface area contributed by atoms with Crippen LogP contribution in [-0.4, -0.2) is 16.3 Å². The van der Waals surface area contributed by atoms with Crippen LogP contribution in [0, 0.1) is 17.8 Å². The van der Waals surface area contributed by atoms with E-state index in [4.69, 9.17) is 0 Å². The van der Waals surface area contributed by atoms with Gasteiger partial charge >= 0.3 is 0 Å². The first-order chi connectivity index (χ1) is 9.13. The Morgan fingerprint density at radius 3 is 2.74 bits per heavy atom. The third kappa shape index (κ3) is 3.38. The van der Waals surface area contributed by atoms with E-state index in [1.165, 1.54) is 31.4 Å². The molecule has 1 saturated carbocycles. The molecule has 4 atom stereocenters. The van der Waals surface area contributed by atoms with Gasteiger partial charge in [-0.25, -0.2) is 0 Å². The Bertz CT molecular complexity index is 385. The lowest BCUT2D eigenvalue weighted by Gasteiger charge is -2.37. The Morgan fingerprint density at radius 2 is 2.16 bits per heavy atom. The largest absolute Gasteiger partial charge is 0.308 e. The van der Waals surface area contributed by atoms with Gasteiger partial charge in [0.2, 0.25) is 0 Å². The summed E-state index contributed by atoms with van der Waals surface area (Å²) in [4.78, 5) is 0. The van der Waals surface area contributed by atoms with Crippen LogP contribution in [0.25, 0.3) is 0 Å². The summed E-state index contributed by atoms with van der Waals surface area (Å²) in [5, 5.41) is 8.11. The van der Waals surface area contributed by atoms with Crippen molar-refractivity contribution in [1.82, 2.24) is 15.1 Å². The van der Waals surface area contributed by atoms with Crippen molar-refractivity contribution in [3.63, 3.8) is 0 Å². The van der Waals surface area contributed by atoms with E-state index in [0.29, 0.717) is 6.04 Å². The molecule has 1 N–H and O–H groups in total. The normalized spacial score (nSPS) is 29.4. The van der Waals surface area contributed by atoms with Gasteiger partial charge in [0.1, 0.15) is 0 Å². The van der Waals surface area contributed by atoms with Gasteiger partial charge in [-0.05, 0) is 49.6 Å². The summed E-state index contributed by atoms with van der Waals surface area (Å²) in [6, 6.07) is 2.65. The summed E-state index contributed by atoms with van der Waals surface area (Å²) in [5.74, 6) is 2.49. The van der Waals surface area contributed by atoms with Crippen molar-refractivity contribution in [3.05, 3.63) is 18.0 Å². The SMILES string of the molecule is CCCNC(c1ccnn1C)C1CCC(C)C(C)C1. The van der Waals surface area contributed by atoms with Crippen LogP contribution >= 0.6 is 0 Å². The van der Waals surface area contributed by atoms with Gasteiger partial charge in [0.05, 0.1) is 11.7 Å². The third-order valence-electron chi connectivity index (χ3n) is 4.90. The lowest BCUT2D eigenvalue weighted by molar-refractivity contribution is 0.167. The van der Waals surface area contributed by atoms with Gasteiger partial charge in [0, 0.05) is 13.2 Å². The number of rotatable bonds is 5. The molecule has 3 nitrogen and oxygen atoms in total. The van der Waals surface area contributed by atoms with Crippen molar-refractivity contribution in [3.8, 4) is 0 Å². The van der Waals surface area contributed by atoms with Crippen LogP contribution in [0.15, 0.2) is 12.3 Å². The molecule has 0 spiro atoms. The van der Waals surface area contributed by atoms with Gasteiger partial charge in [0.15, 0.2) is 0 Å². The molecule has 1 heterocycles. The van der Waals surface area contributed by atoms with Crippen LogP contribution in [-0.2, 0) is 7.05 Å².